The number of aliphatic hydroxyl groups is 1. The lowest BCUT2D eigenvalue weighted by molar-refractivity contribution is 0.205. The summed E-state index contributed by atoms with van der Waals surface area (Å²) in [5.41, 5.74) is 2.14. The molecule has 0 bridgehead atoms. The van der Waals surface area contributed by atoms with Crippen LogP contribution in [0.25, 0.3) is 10.9 Å². The van der Waals surface area contributed by atoms with E-state index in [1.165, 1.54) is 0 Å². The van der Waals surface area contributed by atoms with Crippen LogP contribution in [0.5, 0.6) is 5.75 Å². The van der Waals surface area contributed by atoms with Gasteiger partial charge in [0.15, 0.2) is 5.75 Å². The normalized spacial score (nSPS) is 12.6. The largest absolute Gasteiger partial charge is 0.493 e. The molecule has 20 heavy (non-hydrogen) atoms. The van der Waals surface area contributed by atoms with Crippen molar-refractivity contribution in [3.05, 3.63) is 54.0 Å². The molecule has 3 aromatic rings. The van der Waals surface area contributed by atoms with Gasteiger partial charge in [0.25, 0.3) is 0 Å². The third-order valence-corrected chi connectivity index (χ3v) is 3.39. The molecule has 0 spiro atoms. The van der Waals surface area contributed by atoms with E-state index in [2.05, 4.69) is 10.1 Å². The van der Waals surface area contributed by atoms with Crippen molar-refractivity contribution in [3.8, 4) is 5.75 Å². The van der Waals surface area contributed by atoms with Gasteiger partial charge >= 0.3 is 0 Å². The van der Waals surface area contributed by atoms with Crippen LogP contribution in [0.1, 0.15) is 17.4 Å². The molecule has 5 heteroatoms. The van der Waals surface area contributed by atoms with E-state index in [9.17, 15) is 5.11 Å². The van der Waals surface area contributed by atoms with Crippen LogP contribution in [0.3, 0.4) is 0 Å². The number of hydrogen-bond donors (Lipinski definition) is 1. The van der Waals surface area contributed by atoms with Crippen LogP contribution in [0.2, 0.25) is 0 Å². The Morgan fingerprint density at radius 3 is 2.85 bits per heavy atom. The quantitative estimate of drug-likeness (QED) is 0.790. The van der Waals surface area contributed by atoms with Gasteiger partial charge in [-0.3, -0.25) is 9.67 Å². The first-order valence-electron chi connectivity index (χ1n) is 6.30. The van der Waals surface area contributed by atoms with E-state index in [0.717, 1.165) is 16.5 Å². The van der Waals surface area contributed by atoms with Crippen LogP contribution in [0.15, 0.2) is 42.7 Å². The Labute approximate surface area is 116 Å². The first-order valence-corrected chi connectivity index (χ1v) is 6.30. The summed E-state index contributed by atoms with van der Waals surface area (Å²) in [7, 11) is 3.34. The molecule has 102 valence electrons. The number of aromatic nitrogens is 3. The molecule has 0 saturated heterocycles. The molecule has 1 atom stereocenters. The fourth-order valence-electron chi connectivity index (χ4n) is 2.39. The van der Waals surface area contributed by atoms with Crippen LogP contribution in [-0.4, -0.2) is 27.0 Å². The van der Waals surface area contributed by atoms with Gasteiger partial charge in [0.2, 0.25) is 0 Å². The van der Waals surface area contributed by atoms with Crippen molar-refractivity contribution in [2.24, 2.45) is 7.05 Å². The van der Waals surface area contributed by atoms with E-state index in [4.69, 9.17) is 4.74 Å². The van der Waals surface area contributed by atoms with Gasteiger partial charge < -0.3 is 9.84 Å². The SMILES string of the molecule is COc1cnn(C)c1C(O)c1cccc2cccnc12. The Hall–Kier alpha value is -2.40. The van der Waals surface area contributed by atoms with Crippen LogP contribution in [0, 0.1) is 0 Å². The Kier molecular flexibility index (Phi) is 3.12. The monoisotopic (exact) mass is 269 g/mol. The van der Waals surface area contributed by atoms with Gasteiger partial charge in [-0.25, -0.2) is 0 Å². The number of ether oxygens (including phenoxy) is 1. The lowest BCUT2D eigenvalue weighted by Crippen LogP contribution is -2.09. The summed E-state index contributed by atoms with van der Waals surface area (Å²) >= 11 is 0. The summed E-state index contributed by atoms with van der Waals surface area (Å²) in [6, 6.07) is 9.60. The molecule has 0 aliphatic rings. The minimum Gasteiger partial charge on any atom is -0.493 e. The average Bonchev–Trinajstić information content (AvgIpc) is 2.87. The van der Waals surface area contributed by atoms with E-state index >= 15 is 0 Å². The molecule has 1 unspecified atom stereocenters. The van der Waals surface area contributed by atoms with Crippen molar-refractivity contribution < 1.29 is 9.84 Å². The zero-order chi connectivity index (χ0) is 14.1. The van der Waals surface area contributed by atoms with E-state index in [0.29, 0.717) is 11.4 Å². The number of pyridine rings is 1. The number of aliphatic hydroxyl groups excluding tert-OH is 1. The van der Waals surface area contributed by atoms with Crippen LogP contribution in [-0.2, 0) is 7.05 Å². The highest BCUT2D eigenvalue weighted by atomic mass is 16.5. The molecule has 0 aliphatic heterocycles. The molecule has 0 radical (unpaired) electrons. The summed E-state index contributed by atoms with van der Waals surface area (Å²) in [6.07, 6.45) is 2.48. The molecule has 2 heterocycles. The fraction of sp³-hybridized carbons (Fsp3) is 0.200. The molecule has 3 rings (SSSR count). The fourth-order valence-corrected chi connectivity index (χ4v) is 2.39. The van der Waals surface area contributed by atoms with E-state index < -0.39 is 6.10 Å². The molecule has 0 amide bonds. The third-order valence-electron chi connectivity index (χ3n) is 3.39. The van der Waals surface area contributed by atoms with Gasteiger partial charge in [-0.05, 0) is 6.07 Å². The van der Waals surface area contributed by atoms with Gasteiger partial charge in [0.05, 0.1) is 18.8 Å². The molecule has 2 aromatic heterocycles. The Morgan fingerprint density at radius 1 is 1.25 bits per heavy atom. The molecular weight excluding hydrogens is 254 g/mol. The van der Waals surface area contributed by atoms with Crippen LogP contribution in [0.4, 0.5) is 0 Å². The number of nitrogens with zero attached hydrogens (tertiary/aromatic N) is 3. The van der Waals surface area contributed by atoms with E-state index in [1.807, 2.05) is 30.3 Å². The predicted octanol–water partition coefficient (Wildman–Crippen LogP) is 2.06. The second-order valence-corrected chi connectivity index (χ2v) is 4.55. The summed E-state index contributed by atoms with van der Waals surface area (Å²) in [6.45, 7) is 0. The Morgan fingerprint density at radius 2 is 2.05 bits per heavy atom. The standard InChI is InChI=1S/C15H15N3O2/c1-18-14(12(20-2)9-17-18)15(19)11-7-3-5-10-6-4-8-16-13(10)11/h3-9,15,19H,1-2H3. The Balaban J connectivity index is 2.17. The second-order valence-electron chi connectivity index (χ2n) is 4.55. The number of benzene rings is 1. The molecule has 5 nitrogen and oxygen atoms in total. The number of hydrogen-bond acceptors (Lipinski definition) is 4. The molecule has 0 aliphatic carbocycles. The average molecular weight is 269 g/mol. The van der Waals surface area contributed by atoms with Crippen molar-refractivity contribution in [1.29, 1.82) is 0 Å². The number of para-hydroxylation sites is 1. The zero-order valence-corrected chi connectivity index (χ0v) is 11.3. The highest BCUT2D eigenvalue weighted by Gasteiger charge is 2.22. The first-order chi connectivity index (χ1) is 9.72. The maximum Gasteiger partial charge on any atom is 0.162 e. The zero-order valence-electron chi connectivity index (χ0n) is 11.3. The minimum atomic E-state index is -0.837. The second kappa shape index (κ2) is 4.94. The minimum absolute atomic E-state index is 0.563. The summed E-state index contributed by atoms with van der Waals surface area (Å²) in [4.78, 5) is 4.37. The van der Waals surface area contributed by atoms with Crippen LogP contribution >= 0.6 is 0 Å². The maximum atomic E-state index is 10.7. The highest BCUT2D eigenvalue weighted by Crippen LogP contribution is 2.32. The maximum absolute atomic E-state index is 10.7. The van der Waals surface area contributed by atoms with Crippen molar-refractivity contribution in [1.82, 2.24) is 14.8 Å². The molecule has 1 N–H and O–H groups in total. The predicted molar refractivity (Wildman–Crippen MR) is 75.6 cm³/mol. The lowest BCUT2D eigenvalue weighted by atomic mass is 10.0. The lowest BCUT2D eigenvalue weighted by Gasteiger charge is -2.15. The topological polar surface area (TPSA) is 60.2 Å². The first kappa shape index (κ1) is 12.6. The van der Waals surface area contributed by atoms with Crippen LogP contribution < -0.4 is 4.74 Å². The van der Waals surface area contributed by atoms with Gasteiger partial charge in [0.1, 0.15) is 11.8 Å². The Bertz CT molecular complexity index is 746. The molecule has 0 fully saturated rings. The molecule has 0 saturated carbocycles. The highest BCUT2D eigenvalue weighted by molar-refractivity contribution is 5.82. The van der Waals surface area contributed by atoms with Crippen molar-refractivity contribution in [2.75, 3.05) is 7.11 Å². The van der Waals surface area contributed by atoms with Gasteiger partial charge in [0, 0.05) is 24.2 Å². The number of aryl methyl sites for hydroxylation is 1. The third kappa shape index (κ3) is 1.92. The summed E-state index contributed by atoms with van der Waals surface area (Å²) in [5.74, 6) is 0.563. The van der Waals surface area contributed by atoms with E-state index in [-0.39, 0.29) is 0 Å². The molecular formula is C15H15N3O2. The van der Waals surface area contributed by atoms with Gasteiger partial charge in [-0.1, -0.05) is 24.3 Å². The number of rotatable bonds is 3. The summed E-state index contributed by atoms with van der Waals surface area (Å²) < 4.78 is 6.87. The van der Waals surface area contributed by atoms with Crippen molar-refractivity contribution >= 4 is 10.9 Å². The van der Waals surface area contributed by atoms with E-state index in [1.54, 1.807) is 31.2 Å². The molecule has 1 aromatic carbocycles. The summed E-state index contributed by atoms with van der Waals surface area (Å²) in [5, 5.41) is 15.8. The van der Waals surface area contributed by atoms with Gasteiger partial charge in [-0.2, -0.15) is 5.10 Å². The van der Waals surface area contributed by atoms with Gasteiger partial charge in [-0.15, -0.1) is 0 Å². The smallest absolute Gasteiger partial charge is 0.162 e. The van der Waals surface area contributed by atoms with Crippen molar-refractivity contribution in [2.45, 2.75) is 6.10 Å². The number of fused-ring (bicyclic) bond motifs is 1. The van der Waals surface area contributed by atoms with Crippen molar-refractivity contribution in [3.63, 3.8) is 0 Å². The number of methoxy groups -OCH3 is 1.